The summed E-state index contributed by atoms with van der Waals surface area (Å²) in [6.07, 6.45) is 6.53. The van der Waals surface area contributed by atoms with Crippen molar-refractivity contribution in [2.75, 3.05) is 13.1 Å². The molecule has 2 aromatic rings. The van der Waals surface area contributed by atoms with Crippen molar-refractivity contribution in [2.45, 2.75) is 19.3 Å². The largest absolute Gasteiger partial charge is 0.337 e. The molecule has 0 N–H and O–H groups in total. The molecule has 1 aliphatic heterocycles. The van der Waals surface area contributed by atoms with Crippen LogP contribution in [0.3, 0.4) is 0 Å². The second-order valence-corrected chi connectivity index (χ2v) is 6.28. The van der Waals surface area contributed by atoms with Gasteiger partial charge in [0.25, 0.3) is 11.5 Å². The van der Waals surface area contributed by atoms with Crippen LogP contribution < -0.4 is 5.56 Å². The summed E-state index contributed by atoms with van der Waals surface area (Å²) in [5, 5.41) is 0.632. The molecule has 0 aliphatic carbocycles. The van der Waals surface area contributed by atoms with Crippen molar-refractivity contribution in [3.8, 4) is 0 Å². The number of carbonyl (C=O) groups excluding carboxylic acids is 1. The summed E-state index contributed by atoms with van der Waals surface area (Å²) in [6.45, 7) is 1.47. The number of likely N-dealkylation sites (tertiary alicyclic amines) is 1. The van der Waals surface area contributed by atoms with Crippen LogP contribution in [0, 0.1) is 0 Å². The average molecular weight is 343 g/mol. The first-order chi connectivity index (χ1) is 11.6. The molecule has 0 unspecified atom stereocenters. The van der Waals surface area contributed by atoms with E-state index in [1.807, 2.05) is 17.0 Å². The van der Waals surface area contributed by atoms with Gasteiger partial charge in [0.05, 0.1) is 0 Å². The van der Waals surface area contributed by atoms with Gasteiger partial charge in [-0.2, -0.15) is 0 Å². The first-order valence-electron chi connectivity index (χ1n) is 8.10. The van der Waals surface area contributed by atoms with Gasteiger partial charge in [0.15, 0.2) is 0 Å². The van der Waals surface area contributed by atoms with E-state index in [0.717, 1.165) is 37.9 Å². The highest BCUT2D eigenvalue weighted by atomic mass is 35.5. The molecule has 0 bridgehead atoms. The van der Waals surface area contributed by atoms with E-state index in [1.165, 1.54) is 10.6 Å². The van der Waals surface area contributed by atoms with Gasteiger partial charge >= 0.3 is 0 Å². The van der Waals surface area contributed by atoms with Crippen LogP contribution in [-0.4, -0.2) is 28.5 Å². The SMILES string of the molecule is O=C(/C(=C\c1ccc(Cl)cc1)n1ccccc1=O)N1CCCCC1. The number of amides is 1. The molecule has 0 spiro atoms. The van der Waals surface area contributed by atoms with E-state index in [2.05, 4.69) is 0 Å². The zero-order chi connectivity index (χ0) is 16.9. The number of carbonyl (C=O) groups is 1. The second kappa shape index (κ2) is 7.49. The molecule has 1 amide bonds. The summed E-state index contributed by atoms with van der Waals surface area (Å²) in [5.41, 5.74) is 0.975. The third-order valence-corrected chi connectivity index (χ3v) is 4.37. The van der Waals surface area contributed by atoms with Crippen LogP contribution in [0.15, 0.2) is 53.5 Å². The monoisotopic (exact) mass is 342 g/mol. The lowest BCUT2D eigenvalue weighted by atomic mass is 10.1. The highest BCUT2D eigenvalue weighted by Crippen LogP contribution is 2.18. The smallest absolute Gasteiger partial charge is 0.270 e. The lowest BCUT2D eigenvalue weighted by Gasteiger charge is -2.28. The number of hydrogen-bond donors (Lipinski definition) is 0. The fraction of sp³-hybridized carbons (Fsp3) is 0.263. The van der Waals surface area contributed by atoms with E-state index in [4.69, 9.17) is 11.6 Å². The van der Waals surface area contributed by atoms with Crippen LogP contribution in [0.2, 0.25) is 5.02 Å². The molecule has 3 rings (SSSR count). The van der Waals surface area contributed by atoms with Crippen molar-refractivity contribution >= 4 is 29.3 Å². The summed E-state index contributed by atoms with van der Waals surface area (Å²) < 4.78 is 1.41. The lowest BCUT2D eigenvalue weighted by molar-refractivity contribution is -0.126. The molecule has 4 nitrogen and oxygen atoms in total. The van der Waals surface area contributed by atoms with Gasteiger partial charge in [-0.1, -0.05) is 29.8 Å². The van der Waals surface area contributed by atoms with Gasteiger partial charge < -0.3 is 4.90 Å². The maximum atomic E-state index is 13.0. The van der Waals surface area contributed by atoms with Crippen molar-refractivity contribution in [1.29, 1.82) is 0 Å². The number of halogens is 1. The van der Waals surface area contributed by atoms with Gasteiger partial charge in [0, 0.05) is 30.4 Å². The van der Waals surface area contributed by atoms with E-state index in [-0.39, 0.29) is 11.5 Å². The number of aromatic nitrogens is 1. The Labute approximate surface area is 146 Å². The fourth-order valence-electron chi connectivity index (χ4n) is 2.84. The van der Waals surface area contributed by atoms with Crippen molar-refractivity contribution in [1.82, 2.24) is 9.47 Å². The Morgan fingerprint density at radius 3 is 2.38 bits per heavy atom. The average Bonchev–Trinajstić information content (AvgIpc) is 2.62. The third-order valence-electron chi connectivity index (χ3n) is 4.12. The maximum Gasteiger partial charge on any atom is 0.270 e. The molecule has 1 aromatic carbocycles. The van der Waals surface area contributed by atoms with Crippen LogP contribution in [0.25, 0.3) is 11.8 Å². The summed E-state index contributed by atoms with van der Waals surface area (Å²) >= 11 is 5.92. The summed E-state index contributed by atoms with van der Waals surface area (Å²) in [4.78, 5) is 27.0. The predicted molar refractivity (Wildman–Crippen MR) is 96.8 cm³/mol. The number of pyridine rings is 1. The van der Waals surface area contributed by atoms with Crippen LogP contribution in [0.5, 0.6) is 0 Å². The van der Waals surface area contributed by atoms with Crippen LogP contribution in [0.4, 0.5) is 0 Å². The first-order valence-corrected chi connectivity index (χ1v) is 8.47. The van der Waals surface area contributed by atoms with Crippen LogP contribution in [-0.2, 0) is 4.79 Å². The number of rotatable bonds is 3. The van der Waals surface area contributed by atoms with Crippen LogP contribution in [0.1, 0.15) is 24.8 Å². The van der Waals surface area contributed by atoms with Gasteiger partial charge in [-0.05, 0) is 49.1 Å². The molecule has 0 atom stereocenters. The zero-order valence-electron chi connectivity index (χ0n) is 13.3. The topological polar surface area (TPSA) is 42.3 Å². The van der Waals surface area contributed by atoms with Gasteiger partial charge in [0.2, 0.25) is 0 Å². The summed E-state index contributed by atoms with van der Waals surface area (Å²) in [6, 6.07) is 12.1. The highest BCUT2D eigenvalue weighted by Gasteiger charge is 2.22. The molecule has 1 fully saturated rings. The highest BCUT2D eigenvalue weighted by molar-refractivity contribution is 6.30. The van der Waals surface area contributed by atoms with E-state index in [1.54, 1.807) is 36.5 Å². The molecule has 24 heavy (non-hydrogen) atoms. The quantitative estimate of drug-likeness (QED) is 0.801. The molecule has 0 radical (unpaired) electrons. The number of hydrogen-bond acceptors (Lipinski definition) is 2. The van der Waals surface area contributed by atoms with Crippen LogP contribution >= 0.6 is 11.6 Å². The Bertz CT molecular complexity index is 803. The molecular formula is C19H19ClN2O2. The van der Waals surface area contributed by atoms with E-state index in [0.29, 0.717) is 10.7 Å². The van der Waals surface area contributed by atoms with Gasteiger partial charge in [-0.3, -0.25) is 14.2 Å². The molecule has 1 aromatic heterocycles. The normalized spacial score (nSPS) is 15.4. The van der Waals surface area contributed by atoms with Gasteiger partial charge in [0.1, 0.15) is 5.70 Å². The maximum absolute atomic E-state index is 13.0. The minimum atomic E-state index is -0.219. The molecule has 2 heterocycles. The molecule has 0 saturated carbocycles. The summed E-state index contributed by atoms with van der Waals surface area (Å²) in [5.74, 6) is -0.113. The van der Waals surface area contributed by atoms with Crippen molar-refractivity contribution in [2.24, 2.45) is 0 Å². The molecular weight excluding hydrogens is 324 g/mol. The standard InChI is InChI=1S/C19H19ClN2O2/c20-16-9-7-15(8-10-16)14-17(22-13-5-2-6-18(22)23)19(24)21-11-3-1-4-12-21/h2,5-10,13-14H,1,3-4,11-12H2/b17-14+. The lowest BCUT2D eigenvalue weighted by Crippen LogP contribution is -2.38. The third kappa shape index (κ3) is 3.77. The first kappa shape index (κ1) is 16.5. The zero-order valence-corrected chi connectivity index (χ0v) is 14.1. The van der Waals surface area contributed by atoms with E-state index < -0.39 is 0 Å². The number of nitrogens with zero attached hydrogens (tertiary/aromatic N) is 2. The van der Waals surface area contributed by atoms with Gasteiger partial charge in [-0.15, -0.1) is 0 Å². The molecule has 1 aliphatic rings. The number of benzene rings is 1. The Balaban J connectivity index is 2.03. The van der Waals surface area contributed by atoms with E-state index >= 15 is 0 Å². The number of piperidine rings is 1. The minimum Gasteiger partial charge on any atom is -0.337 e. The Morgan fingerprint density at radius 1 is 1.00 bits per heavy atom. The fourth-order valence-corrected chi connectivity index (χ4v) is 2.96. The van der Waals surface area contributed by atoms with Crippen molar-refractivity contribution in [3.05, 3.63) is 69.6 Å². The van der Waals surface area contributed by atoms with E-state index in [9.17, 15) is 9.59 Å². The molecule has 1 saturated heterocycles. The molecule has 124 valence electrons. The van der Waals surface area contributed by atoms with Crippen molar-refractivity contribution in [3.63, 3.8) is 0 Å². The van der Waals surface area contributed by atoms with Gasteiger partial charge in [-0.25, -0.2) is 0 Å². The minimum absolute atomic E-state index is 0.113. The summed E-state index contributed by atoms with van der Waals surface area (Å²) in [7, 11) is 0. The second-order valence-electron chi connectivity index (χ2n) is 5.84. The Morgan fingerprint density at radius 2 is 1.71 bits per heavy atom. The van der Waals surface area contributed by atoms with Crippen molar-refractivity contribution < 1.29 is 4.79 Å². The molecule has 5 heteroatoms. The Kier molecular flexibility index (Phi) is 5.16. The Hall–Kier alpha value is -2.33. The predicted octanol–water partition coefficient (Wildman–Crippen LogP) is 3.51.